The number of nitriles is 1. The lowest BCUT2D eigenvalue weighted by Crippen LogP contribution is -2.15. The van der Waals surface area contributed by atoms with Crippen LogP contribution in [-0.2, 0) is 6.54 Å². The van der Waals surface area contributed by atoms with Crippen molar-refractivity contribution in [1.29, 1.82) is 5.26 Å². The summed E-state index contributed by atoms with van der Waals surface area (Å²) in [5, 5.41) is 26.2. The fourth-order valence-corrected chi connectivity index (χ4v) is 2.74. The van der Waals surface area contributed by atoms with E-state index in [0.29, 0.717) is 5.69 Å². The largest absolute Gasteiger partial charge is 0.476 e. The average Bonchev–Trinajstić information content (AvgIpc) is 3.01. The number of benzene rings is 2. The van der Waals surface area contributed by atoms with Gasteiger partial charge in [0.2, 0.25) is 0 Å². The average molecular weight is 318 g/mol. The molecule has 0 aliphatic rings. The summed E-state index contributed by atoms with van der Waals surface area (Å²) >= 11 is 0. The van der Waals surface area contributed by atoms with Gasteiger partial charge in [0, 0.05) is 0 Å². The SMILES string of the molecule is N#CCn1nnc(C(=O)O)c1C(c1ccccc1)c1ccccc1. The number of carboxylic acids is 1. The van der Waals surface area contributed by atoms with E-state index in [0.717, 1.165) is 11.1 Å². The van der Waals surface area contributed by atoms with Crippen molar-refractivity contribution < 1.29 is 9.90 Å². The first-order valence-electron chi connectivity index (χ1n) is 7.36. The second kappa shape index (κ2) is 6.75. The van der Waals surface area contributed by atoms with Crippen LogP contribution in [0.5, 0.6) is 0 Å². The third-order valence-corrected chi connectivity index (χ3v) is 3.74. The van der Waals surface area contributed by atoms with Crippen LogP contribution in [-0.4, -0.2) is 26.1 Å². The minimum absolute atomic E-state index is 0.0637. The Balaban J connectivity index is 2.26. The Morgan fingerprint density at radius 3 is 2.08 bits per heavy atom. The van der Waals surface area contributed by atoms with Crippen LogP contribution >= 0.6 is 0 Å². The van der Waals surface area contributed by atoms with E-state index in [1.54, 1.807) is 0 Å². The number of nitrogens with zero attached hydrogens (tertiary/aromatic N) is 4. The summed E-state index contributed by atoms with van der Waals surface area (Å²) < 4.78 is 1.36. The van der Waals surface area contributed by atoms with Crippen LogP contribution in [0.1, 0.15) is 33.2 Å². The molecule has 0 aliphatic heterocycles. The van der Waals surface area contributed by atoms with Crippen LogP contribution in [0.15, 0.2) is 60.7 Å². The standard InChI is InChI=1S/C18H14N4O2/c19-11-12-22-17(16(18(23)24)20-21-22)15(13-7-3-1-4-8-13)14-9-5-2-6-10-14/h1-10,15H,12H2,(H,23,24). The zero-order chi connectivity index (χ0) is 16.9. The van der Waals surface area contributed by atoms with E-state index in [-0.39, 0.29) is 18.2 Å². The number of aromatic carboxylic acids is 1. The van der Waals surface area contributed by atoms with Gasteiger partial charge >= 0.3 is 5.97 Å². The van der Waals surface area contributed by atoms with Crippen LogP contribution in [0.4, 0.5) is 0 Å². The lowest BCUT2D eigenvalue weighted by molar-refractivity contribution is 0.0689. The minimum Gasteiger partial charge on any atom is -0.476 e. The summed E-state index contributed by atoms with van der Waals surface area (Å²) in [4.78, 5) is 11.6. The molecular weight excluding hydrogens is 304 g/mol. The summed E-state index contributed by atoms with van der Waals surface area (Å²) in [7, 11) is 0. The first kappa shape index (κ1) is 15.4. The first-order valence-corrected chi connectivity index (χ1v) is 7.36. The number of aromatic nitrogens is 3. The molecule has 1 aromatic heterocycles. The summed E-state index contributed by atoms with van der Waals surface area (Å²) in [6, 6.07) is 21.1. The Morgan fingerprint density at radius 1 is 1.08 bits per heavy atom. The topological polar surface area (TPSA) is 91.8 Å². The molecule has 2 aromatic carbocycles. The molecule has 0 radical (unpaired) electrons. The Morgan fingerprint density at radius 2 is 1.62 bits per heavy atom. The maximum absolute atomic E-state index is 11.6. The van der Waals surface area contributed by atoms with Crippen molar-refractivity contribution in [2.45, 2.75) is 12.5 Å². The van der Waals surface area contributed by atoms with Crippen molar-refractivity contribution in [1.82, 2.24) is 15.0 Å². The molecule has 0 spiro atoms. The molecule has 24 heavy (non-hydrogen) atoms. The van der Waals surface area contributed by atoms with E-state index in [2.05, 4.69) is 10.3 Å². The van der Waals surface area contributed by atoms with Crippen LogP contribution < -0.4 is 0 Å². The molecule has 6 nitrogen and oxygen atoms in total. The minimum atomic E-state index is -1.16. The fourth-order valence-electron chi connectivity index (χ4n) is 2.74. The molecule has 0 fully saturated rings. The Labute approximate surface area is 138 Å². The van der Waals surface area contributed by atoms with Crippen molar-refractivity contribution in [2.75, 3.05) is 0 Å². The molecule has 0 amide bonds. The van der Waals surface area contributed by atoms with E-state index >= 15 is 0 Å². The van der Waals surface area contributed by atoms with Gasteiger partial charge in [-0.1, -0.05) is 65.9 Å². The Hall–Kier alpha value is -3.46. The number of carbonyl (C=O) groups is 1. The van der Waals surface area contributed by atoms with Gasteiger partial charge in [-0.15, -0.1) is 5.10 Å². The van der Waals surface area contributed by atoms with Crippen molar-refractivity contribution in [3.63, 3.8) is 0 Å². The highest BCUT2D eigenvalue weighted by molar-refractivity contribution is 5.87. The number of carboxylic acid groups (broad SMARTS) is 1. The van der Waals surface area contributed by atoms with Crippen LogP contribution in [0.2, 0.25) is 0 Å². The summed E-state index contributed by atoms with van der Waals surface area (Å²) in [5.74, 6) is -1.53. The molecule has 0 aliphatic carbocycles. The molecule has 0 saturated heterocycles. The van der Waals surface area contributed by atoms with Gasteiger partial charge in [0.15, 0.2) is 5.69 Å². The second-order valence-corrected chi connectivity index (χ2v) is 5.20. The number of hydrogen-bond acceptors (Lipinski definition) is 4. The summed E-state index contributed by atoms with van der Waals surface area (Å²) in [6.07, 6.45) is 0. The summed E-state index contributed by atoms with van der Waals surface area (Å²) in [6.45, 7) is -0.0637. The molecule has 1 heterocycles. The highest BCUT2D eigenvalue weighted by Gasteiger charge is 2.28. The third-order valence-electron chi connectivity index (χ3n) is 3.74. The predicted molar refractivity (Wildman–Crippen MR) is 86.4 cm³/mol. The van der Waals surface area contributed by atoms with Crippen molar-refractivity contribution >= 4 is 5.97 Å². The zero-order valence-corrected chi connectivity index (χ0v) is 12.7. The predicted octanol–water partition coefficient (Wildman–Crippen LogP) is 2.68. The van der Waals surface area contributed by atoms with Crippen LogP contribution in [0.25, 0.3) is 0 Å². The molecule has 6 heteroatoms. The molecule has 3 rings (SSSR count). The molecule has 118 valence electrons. The van der Waals surface area contributed by atoms with E-state index < -0.39 is 5.97 Å². The van der Waals surface area contributed by atoms with E-state index in [4.69, 9.17) is 5.26 Å². The lowest BCUT2D eigenvalue weighted by Gasteiger charge is -2.19. The van der Waals surface area contributed by atoms with E-state index in [1.807, 2.05) is 66.7 Å². The molecule has 0 bridgehead atoms. The van der Waals surface area contributed by atoms with Crippen molar-refractivity contribution in [3.8, 4) is 6.07 Å². The van der Waals surface area contributed by atoms with Crippen LogP contribution in [0, 0.1) is 11.3 Å². The van der Waals surface area contributed by atoms with Gasteiger partial charge in [-0.2, -0.15) is 5.26 Å². The van der Waals surface area contributed by atoms with Gasteiger partial charge in [0.25, 0.3) is 0 Å². The quantitative estimate of drug-likeness (QED) is 0.781. The maximum atomic E-state index is 11.6. The maximum Gasteiger partial charge on any atom is 0.358 e. The van der Waals surface area contributed by atoms with Gasteiger partial charge in [0.05, 0.1) is 17.7 Å². The highest BCUT2D eigenvalue weighted by Crippen LogP contribution is 2.33. The molecule has 3 aromatic rings. The van der Waals surface area contributed by atoms with Gasteiger partial charge in [-0.3, -0.25) is 0 Å². The van der Waals surface area contributed by atoms with Crippen molar-refractivity contribution in [3.05, 3.63) is 83.2 Å². The van der Waals surface area contributed by atoms with Gasteiger partial charge in [-0.25, -0.2) is 9.48 Å². The molecule has 0 unspecified atom stereocenters. The second-order valence-electron chi connectivity index (χ2n) is 5.20. The van der Waals surface area contributed by atoms with E-state index in [9.17, 15) is 9.90 Å². The van der Waals surface area contributed by atoms with Gasteiger partial charge in [0.1, 0.15) is 6.54 Å². The monoisotopic (exact) mass is 318 g/mol. The van der Waals surface area contributed by atoms with Crippen LogP contribution in [0.3, 0.4) is 0 Å². The van der Waals surface area contributed by atoms with Gasteiger partial charge in [-0.05, 0) is 11.1 Å². The first-order chi connectivity index (χ1) is 11.7. The Bertz CT molecular complexity index is 843. The van der Waals surface area contributed by atoms with E-state index in [1.165, 1.54) is 4.68 Å². The van der Waals surface area contributed by atoms with Gasteiger partial charge < -0.3 is 5.11 Å². The zero-order valence-electron chi connectivity index (χ0n) is 12.7. The molecule has 1 N–H and O–H groups in total. The lowest BCUT2D eigenvalue weighted by atomic mass is 9.87. The summed E-state index contributed by atoms with van der Waals surface area (Å²) in [5.41, 5.74) is 2.09. The Kier molecular flexibility index (Phi) is 4.34. The fraction of sp³-hybridized carbons (Fsp3) is 0.111. The normalized spacial score (nSPS) is 10.5. The number of rotatable bonds is 5. The highest BCUT2D eigenvalue weighted by atomic mass is 16.4. The number of hydrogen-bond donors (Lipinski definition) is 1. The molecule has 0 atom stereocenters. The van der Waals surface area contributed by atoms with Crippen molar-refractivity contribution in [2.24, 2.45) is 0 Å². The smallest absolute Gasteiger partial charge is 0.358 e. The third kappa shape index (κ3) is 2.88. The molecular formula is C18H14N4O2. The molecule has 0 saturated carbocycles.